The molecule has 0 heterocycles. The molecule has 0 bridgehead atoms. The van der Waals surface area contributed by atoms with E-state index < -0.39 is 16.2 Å². The second-order valence-electron chi connectivity index (χ2n) is 3.65. The van der Waals surface area contributed by atoms with Crippen molar-refractivity contribution in [3.63, 3.8) is 0 Å². The van der Waals surface area contributed by atoms with Crippen molar-refractivity contribution in [3.8, 4) is 0 Å². The maximum absolute atomic E-state index is 11.6. The molecule has 0 aromatic carbocycles. The van der Waals surface area contributed by atoms with E-state index in [1.807, 2.05) is 13.8 Å². The molecule has 0 spiro atoms. The van der Waals surface area contributed by atoms with Gasteiger partial charge in [0.05, 0.1) is 6.26 Å². The molecule has 0 amide bonds. The van der Waals surface area contributed by atoms with E-state index in [4.69, 9.17) is 4.18 Å². The van der Waals surface area contributed by atoms with Crippen LogP contribution >= 0.6 is 0 Å². The molecular weight excluding hydrogens is 216 g/mol. The number of hydrogen-bond acceptors (Lipinski definition) is 4. The summed E-state index contributed by atoms with van der Waals surface area (Å²) >= 11 is 0. The molecule has 5 heteroatoms. The van der Waals surface area contributed by atoms with E-state index in [1.165, 1.54) is 0 Å². The highest BCUT2D eigenvalue weighted by molar-refractivity contribution is 7.86. The summed E-state index contributed by atoms with van der Waals surface area (Å²) in [5.74, 6) is -0.107. The van der Waals surface area contributed by atoms with E-state index in [2.05, 4.69) is 0 Å². The molecule has 1 atom stereocenters. The monoisotopic (exact) mass is 236 g/mol. The minimum Gasteiger partial charge on any atom is -0.297 e. The van der Waals surface area contributed by atoms with Gasteiger partial charge in [-0.1, -0.05) is 26.7 Å². The van der Waals surface area contributed by atoms with Crippen LogP contribution in [0.25, 0.3) is 0 Å². The third kappa shape index (κ3) is 7.50. The summed E-state index contributed by atoms with van der Waals surface area (Å²) < 4.78 is 26.6. The van der Waals surface area contributed by atoms with Crippen molar-refractivity contribution in [3.05, 3.63) is 0 Å². The molecular formula is C10H20O4S. The van der Waals surface area contributed by atoms with E-state index in [0.29, 0.717) is 12.8 Å². The van der Waals surface area contributed by atoms with Crippen LogP contribution in [0.3, 0.4) is 0 Å². The molecule has 0 rings (SSSR count). The lowest BCUT2D eigenvalue weighted by molar-refractivity contribution is -0.126. The second kappa shape index (κ2) is 6.95. The van der Waals surface area contributed by atoms with E-state index in [9.17, 15) is 13.2 Å². The van der Waals surface area contributed by atoms with Crippen LogP contribution in [0.4, 0.5) is 0 Å². The number of Topliss-reactive ketones (excluding diaryl/α,β-unsaturated/α-hetero) is 1. The third-order valence-corrected chi connectivity index (χ3v) is 2.56. The minimum absolute atomic E-state index is 0.107. The van der Waals surface area contributed by atoms with E-state index in [0.717, 1.165) is 25.5 Å². The van der Waals surface area contributed by atoms with Crippen molar-refractivity contribution in [1.82, 2.24) is 0 Å². The van der Waals surface area contributed by atoms with E-state index in [-0.39, 0.29) is 5.78 Å². The fourth-order valence-corrected chi connectivity index (χ4v) is 1.87. The van der Waals surface area contributed by atoms with Gasteiger partial charge in [-0.2, -0.15) is 8.42 Å². The molecule has 0 saturated carbocycles. The fourth-order valence-electron chi connectivity index (χ4n) is 1.25. The lowest BCUT2D eigenvalue weighted by Crippen LogP contribution is -2.26. The number of rotatable bonds is 8. The predicted molar refractivity (Wildman–Crippen MR) is 59.2 cm³/mol. The normalized spacial score (nSPS) is 13.8. The van der Waals surface area contributed by atoms with Gasteiger partial charge >= 0.3 is 0 Å². The van der Waals surface area contributed by atoms with Crippen LogP contribution in [-0.2, 0) is 19.1 Å². The van der Waals surface area contributed by atoms with Crippen LogP contribution in [0.5, 0.6) is 0 Å². The standard InChI is InChI=1S/C10H20O4S/c1-4-6-8-9(11)10(7-5-2)14-15(3,12)13/h10H,4-8H2,1-3H3. The first kappa shape index (κ1) is 14.6. The molecule has 4 nitrogen and oxygen atoms in total. The van der Waals surface area contributed by atoms with Crippen molar-refractivity contribution in [1.29, 1.82) is 0 Å². The molecule has 0 aromatic rings. The fraction of sp³-hybridized carbons (Fsp3) is 0.900. The molecule has 0 radical (unpaired) electrons. The van der Waals surface area contributed by atoms with Crippen LogP contribution in [-0.4, -0.2) is 26.6 Å². The van der Waals surface area contributed by atoms with Gasteiger partial charge in [-0.25, -0.2) is 0 Å². The highest BCUT2D eigenvalue weighted by atomic mass is 32.2. The van der Waals surface area contributed by atoms with Crippen LogP contribution < -0.4 is 0 Å². The maximum Gasteiger partial charge on any atom is 0.265 e. The van der Waals surface area contributed by atoms with Crippen molar-refractivity contribution >= 4 is 15.9 Å². The Balaban J connectivity index is 4.31. The van der Waals surface area contributed by atoms with Gasteiger partial charge in [-0.05, 0) is 12.8 Å². The Morgan fingerprint density at radius 1 is 1.27 bits per heavy atom. The molecule has 1 unspecified atom stereocenters. The topological polar surface area (TPSA) is 60.4 Å². The lowest BCUT2D eigenvalue weighted by atomic mass is 10.1. The Hall–Kier alpha value is -0.420. The summed E-state index contributed by atoms with van der Waals surface area (Å²) in [6, 6.07) is 0. The summed E-state index contributed by atoms with van der Waals surface area (Å²) in [5, 5.41) is 0. The summed E-state index contributed by atoms with van der Waals surface area (Å²) in [6.45, 7) is 3.88. The number of ketones is 1. The first-order valence-electron chi connectivity index (χ1n) is 5.31. The Morgan fingerprint density at radius 2 is 1.87 bits per heavy atom. The van der Waals surface area contributed by atoms with Gasteiger partial charge in [-0.3, -0.25) is 8.98 Å². The number of carbonyl (C=O) groups excluding carboxylic acids is 1. The number of carbonyl (C=O) groups is 1. The van der Waals surface area contributed by atoms with Gasteiger partial charge in [0.15, 0.2) is 5.78 Å². The average molecular weight is 236 g/mol. The Morgan fingerprint density at radius 3 is 2.27 bits per heavy atom. The average Bonchev–Trinajstić information content (AvgIpc) is 2.11. The van der Waals surface area contributed by atoms with Gasteiger partial charge in [0.2, 0.25) is 0 Å². The highest BCUT2D eigenvalue weighted by Crippen LogP contribution is 2.11. The molecule has 15 heavy (non-hydrogen) atoms. The van der Waals surface area contributed by atoms with Gasteiger partial charge in [0.1, 0.15) is 6.10 Å². The highest BCUT2D eigenvalue weighted by Gasteiger charge is 2.21. The zero-order valence-corrected chi connectivity index (χ0v) is 10.5. The summed E-state index contributed by atoms with van der Waals surface area (Å²) in [4.78, 5) is 11.6. The third-order valence-electron chi connectivity index (χ3n) is 1.98. The summed E-state index contributed by atoms with van der Waals surface area (Å²) in [7, 11) is -3.54. The molecule has 0 N–H and O–H groups in total. The first-order valence-corrected chi connectivity index (χ1v) is 7.13. The first-order chi connectivity index (χ1) is 6.90. The van der Waals surface area contributed by atoms with Crippen molar-refractivity contribution in [2.24, 2.45) is 0 Å². The molecule has 0 aliphatic rings. The van der Waals surface area contributed by atoms with Crippen LogP contribution in [0.2, 0.25) is 0 Å². The smallest absolute Gasteiger partial charge is 0.265 e. The largest absolute Gasteiger partial charge is 0.297 e. The molecule has 0 aromatic heterocycles. The summed E-state index contributed by atoms with van der Waals surface area (Å²) in [6.07, 6.45) is 3.50. The van der Waals surface area contributed by atoms with Gasteiger partial charge in [0, 0.05) is 6.42 Å². The summed E-state index contributed by atoms with van der Waals surface area (Å²) in [5.41, 5.74) is 0. The van der Waals surface area contributed by atoms with E-state index >= 15 is 0 Å². The second-order valence-corrected chi connectivity index (χ2v) is 5.25. The Bertz CT molecular complexity index is 282. The minimum atomic E-state index is -3.54. The number of hydrogen-bond donors (Lipinski definition) is 0. The molecule has 0 fully saturated rings. The number of unbranched alkanes of at least 4 members (excludes halogenated alkanes) is 1. The van der Waals surface area contributed by atoms with Gasteiger partial charge in [0.25, 0.3) is 10.1 Å². The molecule has 0 saturated heterocycles. The molecule has 90 valence electrons. The SMILES string of the molecule is CCCCC(=O)C(CCC)OS(C)(=O)=O. The Kier molecular flexibility index (Phi) is 6.76. The van der Waals surface area contributed by atoms with Crippen LogP contribution in [0.1, 0.15) is 46.0 Å². The molecule has 0 aliphatic heterocycles. The van der Waals surface area contributed by atoms with Gasteiger partial charge < -0.3 is 0 Å². The lowest BCUT2D eigenvalue weighted by Gasteiger charge is -2.13. The van der Waals surface area contributed by atoms with Crippen molar-refractivity contribution in [2.45, 2.75) is 52.1 Å². The molecule has 0 aliphatic carbocycles. The zero-order chi connectivity index (χ0) is 11.9. The van der Waals surface area contributed by atoms with Crippen molar-refractivity contribution < 1.29 is 17.4 Å². The quantitative estimate of drug-likeness (QED) is 0.604. The van der Waals surface area contributed by atoms with E-state index in [1.54, 1.807) is 0 Å². The van der Waals surface area contributed by atoms with Crippen LogP contribution in [0.15, 0.2) is 0 Å². The predicted octanol–water partition coefficient (Wildman–Crippen LogP) is 1.89. The van der Waals surface area contributed by atoms with Crippen LogP contribution in [0, 0.1) is 0 Å². The Labute approximate surface area is 92.1 Å². The van der Waals surface area contributed by atoms with Gasteiger partial charge in [-0.15, -0.1) is 0 Å². The zero-order valence-electron chi connectivity index (χ0n) is 9.65. The maximum atomic E-state index is 11.6. The van der Waals surface area contributed by atoms with Crippen molar-refractivity contribution in [2.75, 3.05) is 6.26 Å².